The topological polar surface area (TPSA) is 40.6 Å². The molecule has 4 nitrogen and oxygen atoms in total. The smallest absolute Gasteiger partial charge is 0.305 e. The summed E-state index contributed by atoms with van der Waals surface area (Å²) in [5.41, 5.74) is -0.905. The molecular formula is C15H11F3N2O2. The van der Waals surface area contributed by atoms with E-state index in [1.807, 2.05) is 12.2 Å². The van der Waals surface area contributed by atoms with Crippen LogP contribution in [0.15, 0.2) is 36.4 Å². The fourth-order valence-corrected chi connectivity index (χ4v) is 3.52. The SMILES string of the molecule is O=C1[C@H]2[C@@H]3C=C[C@@H](C3)N2C(=O)N1c1cccc(C(F)(F)F)c1. The number of imide groups is 1. The highest BCUT2D eigenvalue weighted by Crippen LogP contribution is 2.43. The quantitative estimate of drug-likeness (QED) is 0.591. The van der Waals surface area contributed by atoms with E-state index in [9.17, 15) is 22.8 Å². The third-order valence-electron chi connectivity index (χ3n) is 4.47. The summed E-state index contributed by atoms with van der Waals surface area (Å²) in [6.45, 7) is 0. The Kier molecular flexibility index (Phi) is 2.50. The Bertz CT molecular complexity index is 683. The van der Waals surface area contributed by atoms with Crippen molar-refractivity contribution in [1.29, 1.82) is 0 Å². The van der Waals surface area contributed by atoms with Gasteiger partial charge < -0.3 is 4.90 Å². The molecule has 0 unspecified atom stereocenters. The summed E-state index contributed by atoms with van der Waals surface area (Å²) in [5.74, 6) is -0.474. The molecule has 0 N–H and O–H groups in total. The number of alkyl halides is 3. The lowest BCUT2D eigenvalue weighted by Crippen LogP contribution is -2.38. The van der Waals surface area contributed by atoms with Crippen molar-refractivity contribution in [2.75, 3.05) is 4.90 Å². The van der Waals surface area contributed by atoms with Gasteiger partial charge in [-0.3, -0.25) is 4.79 Å². The number of carbonyl (C=O) groups is 2. The van der Waals surface area contributed by atoms with Crippen molar-refractivity contribution in [2.45, 2.75) is 24.7 Å². The molecule has 3 amide bonds. The van der Waals surface area contributed by atoms with Crippen molar-refractivity contribution in [3.63, 3.8) is 0 Å². The van der Waals surface area contributed by atoms with E-state index in [0.29, 0.717) is 0 Å². The van der Waals surface area contributed by atoms with Crippen molar-refractivity contribution < 1.29 is 22.8 Å². The lowest BCUT2D eigenvalue weighted by molar-refractivity contribution is -0.137. The molecule has 1 aromatic rings. The Morgan fingerprint density at radius 3 is 2.59 bits per heavy atom. The van der Waals surface area contributed by atoms with Gasteiger partial charge in [0.2, 0.25) is 0 Å². The molecule has 2 fully saturated rings. The van der Waals surface area contributed by atoms with Gasteiger partial charge in [-0.1, -0.05) is 18.2 Å². The molecular weight excluding hydrogens is 297 g/mol. The molecule has 0 saturated carbocycles. The molecule has 2 aliphatic heterocycles. The van der Waals surface area contributed by atoms with Crippen molar-refractivity contribution in [3.8, 4) is 0 Å². The normalized spacial score (nSPS) is 29.7. The van der Waals surface area contributed by atoms with Crippen LogP contribution in [0.2, 0.25) is 0 Å². The van der Waals surface area contributed by atoms with Crippen molar-refractivity contribution in [1.82, 2.24) is 4.90 Å². The molecule has 2 saturated heterocycles. The van der Waals surface area contributed by atoms with Crippen LogP contribution in [0.1, 0.15) is 12.0 Å². The first kappa shape index (κ1) is 13.4. The summed E-state index contributed by atoms with van der Waals surface area (Å²) < 4.78 is 38.4. The van der Waals surface area contributed by atoms with Crippen molar-refractivity contribution in [2.24, 2.45) is 5.92 Å². The predicted octanol–water partition coefficient (Wildman–Crippen LogP) is 2.80. The van der Waals surface area contributed by atoms with Crippen LogP contribution in [0.5, 0.6) is 0 Å². The summed E-state index contributed by atoms with van der Waals surface area (Å²) in [5, 5.41) is 0. The highest BCUT2D eigenvalue weighted by atomic mass is 19.4. The Labute approximate surface area is 123 Å². The number of hydrogen-bond acceptors (Lipinski definition) is 2. The minimum absolute atomic E-state index is 0.0291. The molecule has 22 heavy (non-hydrogen) atoms. The number of rotatable bonds is 1. The number of fused-ring (bicyclic) bond motifs is 5. The molecule has 2 bridgehead atoms. The zero-order valence-corrected chi connectivity index (χ0v) is 11.2. The number of carbonyl (C=O) groups excluding carboxylic acids is 2. The van der Waals surface area contributed by atoms with Gasteiger partial charge in [0.05, 0.1) is 17.3 Å². The molecule has 1 aliphatic carbocycles. The standard InChI is InChI=1S/C15H11F3N2O2/c16-15(17,18)9-2-1-3-10(7-9)20-13(21)12-8-4-5-11(6-8)19(12)14(20)22/h1-5,7-8,11-12H,6H2/t8-,11+,12-/m1/s1. The zero-order chi connectivity index (χ0) is 15.6. The van der Waals surface area contributed by atoms with Crippen molar-refractivity contribution in [3.05, 3.63) is 42.0 Å². The van der Waals surface area contributed by atoms with Gasteiger partial charge in [-0.25, -0.2) is 9.69 Å². The second-order valence-corrected chi connectivity index (χ2v) is 5.71. The first-order valence-corrected chi connectivity index (χ1v) is 6.90. The van der Waals surface area contributed by atoms with Gasteiger partial charge in [-0.2, -0.15) is 13.2 Å². The molecule has 2 heterocycles. The average molecular weight is 308 g/mol. The van der Waals surface area contributed by atoms with Crippen LogP contribution in [0.3, 0.4) is 0 Å². The van der Waals surface area contributed by atoms with E-state index in [1.54, 1.807) is 0 Å². The molecule has 3 atom stereocenters. The van der Waals surface area contributed by atoms with E-state index in [1.165, 1.54) is 17.0 Å². The highest BCUT2D eigenvalue weighted by Gasteiger charge is 2.57. The van der Waals surface area contributed by atoms with Crippen LogP contribution < -0.4 is 4.90 Å². The number of urea groups is 1. The summed E-state index contributed by atoms with van der Waals surface area (Å²) in [6, 6.07) is 3.08. The highest BCUT2D eigenvalue weighted by molar-refractivity contribution is 6.22. The Balaban J connectivity index is 1.73. The average Bonchev–Trinajstić information content (AvgIpc) is 3.12. The van der Waals surface area contributed by atoms with E-state index in [4.69, 9.17) is 0 Å². The Morgan fingerprint density at radius 2 is 1.91 bits per heavy atom. The Morgan fingerprint density at radius 1 is 1.14 bits per heavy atom. The third-order valence-corrected chi connectivity index (χ3v) is 4.47. The Hall–Kier alpha value is -2.31. The maximum Gasteiger partial charge on any atom is 0.416 e. The van der Waals surface area contributed by atoms with Crippen LogP contribution in [0.4, 0.5) is 23.7 Å². The number of hydrogen-bond donors (Lipinski definition) is 0. The van der Waals surface area contributed by atoms with E-state index in [2.05, 4.69) is 0 Å². The fraction of sp³-hybridized carbons (Fsp3) is 0.333. The third kappa shape index (κ3) is 1.65. The van der Waals surface area contributed by atoms with E-state index in [-0.39, 0.29) is 17.6 Å². The number of amides is 3. The van der Waals surface area contributed by atoms with Crippen molar-refractivity contribution >= 4 is 17.6 Å². The maximum absolute atomic E-state index is 12.8. The van der Waals surface area contributed by atoms with Crippen LogP contribution in [0.25, 0.3) is 0 Å². The molecule has 0 radical (unpaired) electrons. The van der Waals surface area contributed by atoms with Gasteiger partial charge in [-0.15, -0.1) is 0 Å². The second-order valence-electron chi connectivity index (χ2n) is 5.71. The lowest BCUT2D eigenvalue weighted by atomic mass is 10.0. The molecule has 4 rings (SSSR count). The number of nitrogens with zero attached hydrogens (tertiary/aromatic N) is 2. The van der Waals surface area contributed by atoms with Crippen LogP contribution in [-0.4, -0.2) is 28.9 Å². The number of halogens is 3. The molecule has 1 aromatic carbocycles. The first-order chi connectivity index (χ1) is 10.4. The van der Waals surface area contributed by atoms with Gasteiger partial charge in [-0.05, 0) is 24.6 Å². The number of anilines is 1. The molecule has 7 heteroatoms. The molecule has 0 aromatic heterocycles. The van der Waals surface area contributed by atoms with Gasteiger partial charge in [0.25, 0.3) is 5.91 Å². The number of benzene rings is 1. The van der Waals surface area contributed by atoms with Gasteiger partial charge in [0.15, 0.2) is 0 Å². The summed E-state index contributed by atoms with van der Waals surface area (Å²) in [4.78, 5) is 27.3. The largest absolute Gasteiger partial charge is 0.416 e. The monoisotopic (exact) mass is 308 g/mol. The zero-order valence-electron chi connectivity index (χ0n) is 11.2. The summed E-state index contributed by atoms with van der Waals surface area (Å²) in [7, 11) is 0. The fourth-order valence-electron chi connectivity index (χ4n) is 3.52. The predicted molar refractivity (Wildman–Crippen MR) is 71.0 cm³/mol. The van der Waals surface area contributed by atoms with E-state index < -0.39 is 29.7 Å². The first-order valence-electron chi connectivity index (χ1n) is 6.90. The second kappa shape index (κ2) is 4.12. The van der Waals surface area contributed by atoms with Gasteiger partial charge in [0, 0.05) is 5.92 Å². The summed E-state index contributed by atoms with van der Waals surface area (Å²) >= 11 is 0. The molecule has 3 aliphatic rings. The lowest BCUT2D eigenvalue weighted by Gasteiger charge is -2.22. The van der Waals surface area contributed by atoms with Crippen LogP contribution in [0, 0.1) is 5.92 Å². The molecule has 0 spiro atoms. The minimum Gasteiger partial charge on any atom is -0.305 e. The molecule has 114 valence electrons. The van der Waals surface area contributed by atoms with E-state index in [0.717, 1.165) is 23.5 Å². The summed E-state index contributed by atoms with van der Waals surface area (Å²) in [6.07, 6.45) is -0.00815. The minimum atomic E-state index is -4.52. The van der Waals surface area contributed by atoms with E-state index >= 15 is 0 Å². The van der Waals surface area contributed by atoms with Gasteiger partial charge in [0.1, 0.15) is 6.04 Å². The van der Waals surface area contributed by atoms with Crippen LogP contribution >= 0.6 is 0 Å². The maximum atomic E-state index is 12.8. The van der Waals surface area contributed by atoms with Gasteiger partial charge >= 0.3 is 12.2 Å². The van der Waals surface area contributed by atoms with Crippen LogP contribution in [-0.2, 0) is 11.0 Å².